The second-order valence-corrected chi connectivity index (χ2v) is 11.2. The third-order valence-electron chi connectivity index (χ3n) is 7.01. The highest BCUT2D eigenvalue weighted by atomic mass is 32.1. The van der Waals surface area contributed by atoms with E-state index in [1.54, 1.807) is 11.1 Å². The summed E-state index contributed by atoms with van der Waals surface area (Å²) in [5.74, 6) is 0.475. The standard InChI is InChI=1S/C30H35N5O4S/c1-6-25(36)34-13-7-8-21(17-34)33-29(37)28-27-26-24(11-12-31-30(26)40-28)35(20(5)32-27)23-10-9-22(16-19(23)4)39-15-14-38-18(2)3/h6,9-12,16,18,21,32H,1,5,7-8,13-15,17H2,2-4H3,(H,33,37). The van der Waals surface area contributed by atoms with Crippen molar-refractivity contribution in [1.29, 1.82) is 0 Å². The molecule has 0 radical (unpaired) electrons. The van der Waals surface area contributed by atoms with Gasteiger partial charge in [0.15, 0.2) is 0 Å². The lowest BCUT2D eigenvalue weighted by atomic mass is 10.1. The van der Waals surface area contributed by atoms with Gasteiger partial charge in [0.25, 0.3) is 5.91 Å². The van der Waals surface area contributed by atoms with Crippen molar-refractivity contribution in [3.8, 4) is 11.4 Å². The zero-order chi connectivity index (χ0) is 28.4. The number of aromatic nitrogens is 3. The molecular formula is C30H35N5O4S. The van der Waals surface area contributed by atoms with Crippen LogP contribution in [0.5, 0.6) is 5.75 Å². The predicted molar refractivity (Wildman–Crippen MR) is 159 cm³/mol. The van der Waals surface area contributed by atoms with Gasteiger partial charge in [-0.3, -0.25) is 14.2 Å². The number of ether oxygens (including phenoxy) is 2. The molecule has 4 heterocycles. The lowest BCUT2D eigenvalue weighted by Gasteiger charge is -2.32. The van der Waals surface area contributed by atoms with Crippen LogP contribution in [0.2, 0.25) is 0 Å². The molecule has 9 nitrogen and oxygen atoms in total. The molecular weight excluding hydrogens is 526 g/mol. The van der Waals surface area contributed by atoms with Crippen molar-refractivity contribution in [2.45, 2.75) is 45.8 Å². The number of hydrogen-bond acceptors (Lipinski definition) is 6. The van der Waals surface area contributed by atoms with Gasteiger partial charge in [-0.1, -0.05) is 13.2 Å². The van der Waals surface area contributed by atoms with Crippen LogP contribution in [0.1, 0.15) is 41.9 Å². The van der Waals surface area contributed by atoms with E-state index < -0.39 is 0 Å². The first-order valence-corrected chi connectivity index (χ1v) is 14.3. The number of hydrogen-bond donors (Lipinski definition) is 2. The Hall–Kier alpha value is -3.89. The van der Waals surface area contributed by atoms with Crippen molar-refractivity contribution >= 4 is 51.0 Å². The van der Waals surface area contributed by atoms with Crippen LogP contribution in [0.25, 0.3) is 33.5 Å². The Morgan fingerprint density at radius 3 is 2.88 bits per heavy atom. The number of aromatic amines is 1. The number of piperidine rings is 1. The molecule has 4 aromatic rings. The molecule has 1 unspecified atom stereocenters. The van der Waals surface area contributed by atoms with Crippen molar-refractivity contribution in [1.82, 2.24) is 24.8 Å². The van der Waals surface area contributed by atoms with Crippen LogP contribution < -0.4 is 15.5 Å². The smallest absolute Gasteiger partial charge is 0.263 e. The highest BCUT2D eigenvalue weighted by Gasteiger charge is 2.26. The molecule has 1 saturated heterocycles. The SMILES string of the molecule is C=CC(=O)N1CCCC(NC(=O)c2sc3nccc4c3c2[nH]c(=C)n4-c2ccc(OCCOC(C)C)cc2C)C1. The molecule has 0 bridgehead atoms. The Morgan fingerprint density at radius 2 is 2.12 bits per heavy atom. The molecule has 3 aromatic heterocycles. The molecule has 10 heteroatoms. The van der Waals surface area contributed by atoms with Crippen LogP contribution >= 0.6 is 11.3 Å². The average Bonchev–Trinajstić information content (AvgIpc) is 3.31. The number of thiophene rings is 1. The second-order valence-electron chi connectivity index (χ2n) is 10.2. The number of aryl methyl sites for hydroxylation is 1. The maximum Gasteiger partial charge on any atom is 0.263 e. The minimum Gasteiger partial charge on any atom is -0.491 e. The molecule has 1 fully saturated rings. The van der Waals surface area contributed by atoms with Gasteiger partial charge in [0.05, 0.1) is 34.8 Å². The third-order valence-corrected chi connectivity index (χ3v) is 8.11. The fourth-order valence-electron chi connectivity index (χ4n) is 5.18. The average molecular weight is 562 g/mol. The van der Waals surface area contributed by atoms with Crippen molar-refractivity contribution in [2.24, 2.45) is 0 Å². The first-order valence-electron chi connectivity index (χ1n) is 13.5. The Bertz CT molecular complexity index is 1630. The molecule has 1 aliphatic rings. The van der Waals surface area contributed by atoms with Gasteiger partial charge in [-0.05, 0) is 69.5 Å². The van der Waals surface area contributed by atoms with E-state index in [4.69, 9.17) is 9.47 Å². The maximum atomic E-state index is 13.5. The van der Waals surface area contributed by atoms with Gasteiger partial charge in [0.2, 0.25) is 5.91 Å². The van der Waals surface area contributed by atoms with Gasteiger partial charge in [0, 0.05) is 25.3 Å². The number of amides is 2. The fraction of sp³-hybridized carbons (Fsp3) is 0.367. The lowest BCUT2D eigenvalue weighted by molar-refractivity contribution is -0.127. The largest absolute Gasteiger partial charge is 0.491 e. The van der Waals surface area contributed by atoms with E-state index in [1.807, 2.05) is 49.6 Å². The van der Waals surface area contributed by atoms with Crippen LogP contribution in [-0.4, -0.2) is 69.7 Å². The molecule has 0 saturated carbocycles. The minimum atomic E-state index is -0.185. The molecule has 1 atom stereocenters. The zero-order valence-electron chi connectivity index (χ0n) is 23.2. The number of nitrogens with zero attached hydrogens (tertiary/aromatic N) is 3. The highest BCUT2D eigenvalue weighted by molar-refractivity contribution is 7.21. The first-order chi connectivity index (χ1) is 19.3. The van der Waals surface area contributed by atoms with Crippen LogP contribution in [0, 0.1) is 6.92 Å². The van der Waals surface area contributed by atoms with Crippen LogP contribution in [0.4, 0.5) is 0 Å². The Morgan fingerprint density at radius 1 is 1.30 bits per heavy atom. The van der Waals surface area contributed by atoms with Crippen LogP contribution in [0.15, 0.2) is 43.1 Å². The van der Waals surface area contributed by atoms with Gasteiger partial charge >= 0.3 is 0 Å². The number of H-pyrrole nitrogens is 1. The van der Waals surface area contributed by atoms with E-state index >= 15 is 0 Å². The number of likely N-dealkylation sites (tertiary alicyclic amines) is 1. The number of pyridine rings is 1. The highest BCUT2D eigenvalue weighted by Crippen LogP contribution is 2.34. The quantitative estimate of drug-likeness (QED) is 0.235. The molecule has 40 heavy (non-hydrogen) atoms. The predicted octanol–water partition coefficient (Wildman–Crippen LogP) is 4.28. The van der Waals surface area contributed by atoms with E-state index in [0.29, 0.717) is 42.2 Å². The van der Waals surface area contributed by atoms with Crippen molar-refractivity contribution in [3.05, 3.63) is 59.0 Å². The fourth-order valence-corrected chi connectivity index (χ4v) is 6.20. The summed E-state index contributed by atoms with van der Waals surface area (Å²) in [6.45, 7) is 16.1. The van der Waals surface area contributed by atoms with Crippen molar-refractivity contribution in [3.63, 3.8) is 0 Å². The molecule has 1 aliphatic heterocycles. The van der Waals surface area contributed by atoms with Crippen molar-refractivity contribution < 1.29 is 19.1 Å². The van der Waals surface area contributed by atoms with E-state index in [9.17, 15) is 9.59 Å². The number of carbonyl (C=O) groups is 2. The number of rotatable bonds is 9. The van der Waals surface area contributed by atoms with Gasteiger partial charge in [-0.15, -0.1) is 11.3 Å². The number of nitrogens with one attached hydrogen (secondary N) is 2. The summed E-state index contributed by atoms with van der Waals surface area (Å²) in [5, 5.41) is 4.01. The van der Waals surface area contributed by atoms with Crippen molar-refractivity contribution in [2.75, 3.05) is 26.3 Å². The molecule has 1 aromatic carbocycles. The first kappa shape index (κ1) is 27.7. The summed E-state index contributed by atoms with van der Waals surface area (Å²) >= 11 is 1.35. The summed E-state index contributed by atoms with van der Waals surface area (Å²) in [4.78, 5) is 36.6. The Kier molecular flexibility index (Phi) is 8.09. The topological polar surface area (TPSA) is 101 Å². The molecule has 2 amide bonds. The van der Waals surface area contributed by atoms with Crippen LogP contribution in [0.3, 0.4) is 0 Å². The summed E-state index contributed by atoms with van der Waals surface area (Å²) < 4.78 is 13.5. The molecule has 0 spiro atoms. The monoisotopic (exact) mass is 561 g/mol. The van der Waals surface area contributed by atoms with E-state index in [1.165, 1.54) is 17.4 Å². The van der Waals surface area contributed by atoms with Gasteiger partial charge in [0.1, 0.15) is 27.5 Å². The molecule has 0 aliphatic carbocycles. The van der Waals surface area contributed by atoms with E-state index in [0.717, 1.165) is 45.6 Å². The normalized spacial score (nSPS) is 15.6. The van der Waals surface area contributed by atoms with Gasteiger partial charge in [-0.2, -0.15) is 0 Å². The lowest BCUT2D eigenvalue weighted by Crippen LogP contribution is -2.49. The van der Waals surface area contributed by atoms with Gasteiger partial charge in [-0.25, -0.2) is 4.98 Å². The molecule has 5 rings (SSSR count). The van der Waals surface area contributed by atoms with E-state index in [-0.39, 0.29) is 24.0 Å². The zero-order valence-corrected chi connectivity index (χ0v) is 24.0. The minimum absolute atomic E-state index is 0.113. The molecule has 210 valence electrons. The Labute approximate surface area is 237 Å². The summed E-state index contributed by atoms with van der Waals surface area (Å²) in [6.07, 6.45) is 4.89. The summed E-state index contributed by atoms with van der Waals surface area (Å²) in [5.41, 5.74) is 4.21. The number of benzene rings is 1. The van der Waals surface area contributed by atoms with E-state index in [2.05, 4.69) is 28.4 Å². The third kappa shape index (κ3) is 5.55. The van der Waals surface area contributed by atoms with Crippen LogP contribution in [-0.2, 0) is 9.53 Å². The van der Waals surface area contributed by atoms with Gasteiger partial charge < -0.3 is 24.7 Å². The second kappa shape index (κ2) is 11.7. The summed E-state index contributed by atoms with van der Waals surface area (Å²) in [6, 6.07) is 7.77. The summed E-state index contributed by atoms with van der Waals surface area (Å²) in [7, 11) is 0. The Balaban J connectivity index is 1.44. The maximum absolute atomic E-state index is 13.5. The number of carbonyl (C=O) groups excluding carboxylic acids is 2. The molecule has 2 N–H and O–H groups in total.